The average molecular weight is 246 g/mol. The molecule has 0 aliphatic carbocycles. The minimum absolute atomic E-state index is 0.629. The van der Waals surface area contributed by atoms with E-state index in [0.29, 0.717) is 6.04 Å². The third-order valence-electron chi connectivity index (χ3n) is 3.27. The predicted molar refractivity (Wildman–Crippen MR) is 80.7 cm³/mol. The van der Waals surface area contributed by atoms with Gasteiger partial charge in [-0.2, -0.15) is 0 Å². The number of rotatable bonds is 8. The molecular weight excluding hydrogens is 220 g/mol. The Morgan fingerprint density at radius 1 is 1.28 bits per heavy atom. The first kappa shape index (κ1) is 14.9. The largest absolute Gasteiger partial charge is 0.313 e. The Kier molecular flexibility index (Phi) is 6.69. The van der Waals surface area contributed by atoms with Crippen molar-refractivity contribution in [3.63, 3.8) is 0 Å². The molecule has 0 saturated carbocycles. The number of benzene rings is 1. The van der Waals surface area contributed by atoms with E-state index in [1.165, 1.54) is 12.0 Å². The highest BCUT2D eigenvalue weighted by atomic mass is 15.1. The number of hydrogen-bond acceptors (Lipinski definition) is 2. The van der Waals surface area contributed by atoms with Crippen LogP contribution in [-0.4, -0.2) is 37.6 Å². The summed E-state index contributed by atoms with van der Waals surface area (Å²) in [7, 11) is 2.17. The second-order valence-electron chi connectivity index (χ2n) is 5.07. The van der Waals surface area contributed by atoms with Crippen molar-refractivity contribution < 1.29 is 0 Å². The molecule has 1 N–H and O–H groups in total. The van der Waals surface area contributed by atoms with Gasteiger partial charge in [0, 0.05) is 12.6 Å². The third-order valence-corrected chi connectivity index (χ3v) is 3.27. The summed E-state index contributed by atoms with van der Waals surface area (Å²) in [5.74, 6) is 0. The van der Waals surface area contributed by atoms with Gasteiger partial charge in [-0.1, -0.05) is 36.9 Å². The Bertz CT molecular complexity index is 343. The summed E-state index contributed by atoms with van der Waals surface area (Å²) in [5, 5.41) is 3.45. The summed E-state index contributed by atoms with van der Waals surface area (Å²) in [6.45, 7) is 11.6. The molecule has 1 aromatic rings. The maximum atomic E-state index is 4.11. The van der Waals surface area contributed by atoms with Crippen molar-refractivity contribution in [2.45, 2.75) is 26.3 Å². The van der Waals surface area contributed by atoms with Crippen molar-refractivity contribution in [2.24, 2.45) is 0 Å². The predicted octanol–water partition coefficient (Wildman–Crippen LogP) is 3.02. The normalized spacial score (nSPS) is 11.2. The molecule has 0 fully saturated rings. The van der Waals surface area contributed by atoms with Crippen LogP contribution in [0.1, 0.15) is 25.8 Å². The zero-order chi connectivity index (χ0) is 13.4. The number of nitrogens with one attached hydrogen (secondary N) is 1. The molecule has 0 aromatic heterocycles. The monoisotopic (exact) mass is 246 g/mol. The molecule has 1 aromatic carbocycles. The summed E-state index contributed by atoms with van der Waals surface area (Å²) in [6.07, 6.45) is 1.18. The Labute approximate surface area is 112 Å². The van der Waals surface area contributed by atoms with Gasteiger partial charge in [0.15, 0.2) is 0 Å². The summed E-state index contributed by atoms with van der Waals surface area (Å²) in [4.78, 5) is 2.37. The molecule has 0 aliphatic heterocycles. The second-order valence-corrected chi connectivity index (χ2v) is 5.07. The van der Waals surface area contributed by atoms with E-state index < -0.39 is 0 Å². The van der Waals surface area contributed by atoms with Crippen LogP contribution in [0.3, 0.4) is 0 Å². The first-order chi connectivity index (χ1) is 8.61. The van der Waals surface area contributed by atoms with Gasteiger partial charge in [-0.25, -0.2) is 0 Å². The maximum absolute atomic E-state index is 4.11. The van der Waals surface area contributed by atoms with E-state index in [-0.39, 0.29) is 0 Å². The average Bonchev–Trinajstić information content (AvgIpc) is 2.38. The highest BCUT2D eigenvalue weighted by Crippen LogP contribution is 2.09. The summed E-state index contributed by atoms with van der Waals surface area (Å²) < 4.78 is 0. The highest BCUT2D eigenvalue weighted by molar-refractivity contribution is 5.64. The van der Waals surface area contributed by atoms with Gasteiger partial charge >= 0.3 is 0 Å². The van der Waals surface area contributed by atoms with Crippen LogP contribution >= 0.6 is 0 Å². The summed E-state index contributed by atoms with van der Waals surface area (Å²) in [5.41, 5.74) is 2.39. The lowest BCUT2D eigenvalue weighted by Gasteiger charge is -2.20. The molecule has 0 bridgehead atoms. The zero-order valence-corrected chi connectivity index (χ0v) is 11.9. The fourth-order valence-corrected chi connectivity index (χ4v) is 1.73. The number of nitrogens with zero attached hydrogens (tertiary/aromatic N) is 1. The van der Waals surface area contributed by atoms with Gasteiger partial charge < -0.3 is 10.2 Å². The SMILES string of the molecule is C=C(CNCCCN(C)C(C)C)c1ccccc1. The standard InChI is InChI=1S/C16H26N2/c1-14(2)18(4)12-8-11-17-13-15(3)16-9-6-5-7-10-16/h5-7,9-10,14,17H,3,8,11-13H2,1-2,4H3. The zero-order valence-electron chi connectivity index (χ0n) is 11.9. The Balaban J connectivity index is 2.13. The minimum Gasteiger partial charge on any atom is -0.313 e. The molecule has 0 amide bonds. The Morgan fingerprint density at radius 3 is 2.56 bits per heavy atom. The van der Waals surface area contributed by atoms with Crippen LogP contribution in [-0.2, 0) is 0 Å². The Hall–Kier alpha value is -1.12. The van der Waals surface area contributed by atoms with Crippen molar-refractivity contribution in [1.82, 2.24) is 10.2 Å². The van der Waals surface area contributed by atoms with Crippen molar-refractivity contribution >= 4 is 5.57 Å². The van der Waals surface area contributed by atoms with Crippen molar-refractivity contribution in [3.05, 3.63) is 42.5 Å². The van der Waals surface area contributed by atoms with Crippen molar-refractivity contribution in [3.8, 4) is 0 Å². The van der Waals surface area contributed by atoms with Crippen LogP contribution in [0.25, 0.3) is 5.57 Å². The van der Waals surface area contributed by atoms with Crippen LogP contribution in [0.2, 0.25) is 0 Å². The number of hydrogen-bond donors (Lipinski definition) is 1. The van der Waals surface area contributed by atoms with Gasteiger partial charge in [0.25, 0.3) is 0 Å². The van der Waals surface area contributed by atoms with Gasteiger partial charge in [-0.15, -0.1) is 0 Å². The molecular formula is C16H26N2. The van der Waals surface area contributed by atoms with E-state index >= 15 is 0 Å². The van der Waals surface area contributed by atoms with Crippen LogP contribution in [0.5, 0.6) is 0 Å². The fraction of sp³-hybridized carbons (Fsp3) is 0.500. The Morgan fingerprint density at radius 2 is 1.94 bits per heavy atom. The first-order valence-corrected chi connectivity index (χ1v) is 6.75. The summed E-state index contributed by atoms with van der Waals surface area (Å²) >= 11 is 0. The third kappa shape index (κ3) is 5.48. The highest BCUT2D eigenvalue weighted by Gasteiger charge is 2.02. The lowest BCUT2D eigenvalue weighted by Crippen LogP contribution is -2.29. The van der Waals surface area contributed by atoms with Gasteiger partial charge in [0.05, 0.1) is 0 Å². The maximum Gasteiger partial charge on any atom is 0.0205 e. The minimum atomic E-state index is 0.629. The van der Waals surface area contributed by atoms with Crippen LogP contribution in [0.4, 0.5) is 0 Å². The molecule has 2 nitrogen and oxygen atoms in total. The van der Waals surface area contributed by atoms with Crippen LogP contribution < -0.4 is 5.32 Å². The molecule has 100 valence electrons. The second kappa shape index (κ2) is 8.06. The van der Waals surface area contributed by atoms with Gasteiger partial charge in [0.2, 0.25) is 0 Å². The van der Waals surface area contributed by atoms with Crippen LogP contribution in [0, 0.1) is 0 Å². The molecule has 0 radical (unpaired) electrons. The van der Waals surface area contributed by atoms with E-state index in [0.717, 1.165) is 25.2 Å². The van der Waals surface area contributed by atoms with Gasteiger partial charge in [-0.05, 0) is 51.5 Å². The van der Waals surface area contributed by atoms with E-state index in [4.69, 9.17) is 0 Å². The molecule has 2 heteroatoms. The smallest absolute Gasteiger partial charge is 0.0205 e. The molecule has 1 rings (SSSR count). The lowest BCUT2D eigenvalue weighted by molar-refractivity contribution is 0.270. The van der Waals surface area contributed by atoms with E-state index in [1.807, 2.05) is 6.07 Å². The van der Waals surface area contributed by atoms with E-state index in [1.54, 1.807) is 0 Å². The molecule has 0 heterocycles. The van der Waals surface area contributed by atoms with E-state index in [2.05, 4.69) is 62.0 Å². The van der Waals surface area contributed by atoms with Crippen molar-refractivity contribution in [2.75, 3.05) is 26.7 Å². The molecule has 18 heavy (non-hydrogen) atoms. The van der Waals surface area contributed by atoms with Gasteiger partial charge in [0.1, 0.15) is 0 Å². The summed E-state index contributed by atoms with van der Waals surface area (Å²) in [6, 6.07) is 11.0. The quantitative estimate of drug-likeness (QED) is 0.709. The molecule has 0 spiro atoms. The van der Waals surface area contributed by atoms with Gasteiger partial charge in [-0.3, -0.25) is 0 Å². The molecule has 0 aliphatic rings. The first-order valence-electron chi connectivity index (χ1n) is 6.75. The molecule has 0 atom stereocenters. The van der Waals surface area contributed by atoms with E-state index in [9.17, 15) is 0 Å². The lowest BCUT2D eigenvalue weighted by atomic mass is 10.1. The van der Waals surface area contributed by atoms with Crippen LogP contribution in [0.15, 0.2) is 36.9 Å². The molecule has 0 saturated heterocycles. The van der Waals surface area contributed by atoms with Crippen molar-refractivity contribution in [1.29, 1.82) is 0 Å². The molecule has 0 unspecified atom stereocenters. The topological polar surface area (TPSA) is 15.3 Å². The fourth-order valence-electron chi connectivity index (χ4n) is 1.73.